The van der Waals surface area contributed by atoms with Crippen molar-refractivity contribution in [3.63, 3.8) is 0 Å². The highest BCUT2D eigenvalue weighted by atomic mass is 35.5. The van der Waals surface area contributed by atoms with Gasteiger partial charge in [-0.15, -0.1) is 0 Å². The Morgan fingerprint density at radius 2 is 1.26 bits per heavy atom. The molecule has 0 radical (unpaired) electrons. The second-order valence-corrected chi connectivity index (χ2v) is 21.6. The van der Waals surface area contributed by atoms with E-state index in [9.17, 15) is 24.3 Å². The van der Waals surface area contributed by atoms with Crippen molar-refractivity contribution in [1.29, 1.82) is 0 Å². The lowest BCUT2D eigenvalue weighted by Crippen LogP contribution is -2.72. The molecular formula is C64H56ClN7O8S. The summed E-state index contributed by atoms with van der Waals surface area (Å²) in [6.07, 6.45) is 3.99. The maximum atomic E-state index is 15.4. The molecule has 0 spiro atoms. The number of likely N-dealkylation sites (tertiary alicyclic amines) is 2. The number of ether oxygens (including phenoxy) is 1. The van der Waals surface area contributed by atoms with Crippen molar-refractivity contribution < 1.29 is 38.7 Å². The summed E-state index contributed by atoms with van der Waals surface area (Å²) in [5.74, 6) is -3.11. The Balaban J connectivity index is 0.951. The molecule has 3 saturated heterocycles. The molecule has 3 N–H and O–H groups in total. The van der Waals surface area contributed by atoms with Crippen LogP contribution in [-0.4, -0.2) is 105 Å². The van der Waals surface area contributed by atoms with E-state index in [0.29, 0.717) is 65.4 Å². The molecule has 17 heteroatoms. The molecule has 4 amide bonds. The molecule has 1 aromatic heterocycles. The summed E-state index contributed by atoms with van der Waals surface area (Å²) >= 11 is 8.41. The number of carboxylic acids is 1. The number of hydrogen-bond acceptors (Lipinski definition) is 11. The van der Waals surface area contributed by atoms with Crippen LogP contribution in [0.25, 0.3) is 0 Å². The number of benzene rings is 6. The minimum Gasteiger partial charge on any atom is -0.477 e. The van der Waals surface area contributed by atoms with Gasteiger partial charge in [0, 0.05) is 41.9 Å². The topological polar surface area (TPSA) is 183 Å². The third-order valence-corrected chi connectivity index (χ3v) is 16.6. The number of allylic oxidation sites excluding steroid dienone is 2. The summed E-state index contributed by atoms with van der Waals surface area (Å²) in [6, 6.07) is 56.2. The summed E-state index contributed by atoms with van der Waals surface area (Å²) in [7, 11) is 0. The van der Waals surface area contributed by atoms with E-state index in [1.165, 1.54) is 11.0 Å². The standard InChI is InChI=1S/C64H56ClN7O8S/c1-2-39-79-62(78)70-37-36-50(41-70)71-38-35-43(58(71)74)40-42-33-34-51-52(59(75)72(51)55(42)60(76)77)66-57(73)54(69-80-64(47-27-15-6-16-28-47,48-29-17-7-18-30-48)49-31-19-8-20-32-49)53-56(65)81-61(67-53)68-63(44-21-9-3-10-22-44,45-23-11-4-12-24-45)46-25-13-5-14-26-46/h2-32,40,50-52H,1,33-39,41H2,(H,66,73)(H,67,68)(H,76,77)/t50-,51-,52+/m1/s1. The molecule has 6 aromatic carbocycles. The van der Waals surface area contributed by atoms with Crippen molar-refractivity contribution in [2.45, 2.75) is 54.9 Å². The fourth-order valence-electron chi connectivity index (χ4n) is 11.6. The minimum absolute atomic E-state index is 0.0339. The van der Waals surface area contributed by atoms with E-state index in [-0.39, 0.29) is 52.8 Å². The Hall–Kier alpha value is -9.12. The van der Waals surface area contributed by atoms with Gasteiger partial charge in [0.15, 0.2) is 10.8 Å². The molecule has 81 heavy (non-hydrogen) atoms. The lowest BCUT2D eigenvalue weighted by atomic mass is 9.77. The molecular weight excluding hydrogens is 1060 g/mol. The van der Waals surface area contributed by atoms with Crippen LogP contribution in [-0.2, 0) is 39.9 Å². The molecule has 5 heterocycles. The summed E-state index contributed by atoms with van der Waals surface area (Å²) < 4.78 is 5.29. The van der Waals surface area contributed by atoms with Gasteiger partial charge < -0.3 is 35.1 Å². The smallest absolute Gasteiger partial charge is 0.410 e. The number of carbonyl (C=O) groups is 5. The third-order valence-electron chi connectivity index (χ3n) is 15.4. The van der Waals surface area contributed by atoms with Crippen LogP contribution < -0.4 is 10.6 Å². The van der Waals surface area contributed by atoms with E-state index < -0.39 is 47.1 Å². The fourth-order valence-corrected chi connectivity index (χ4v) is 12.7. The maximum absolute atomic E-state index is 15.4. The number of hydrogen-bond donors (Lipinski definition) is 3. The molecule has 3 atom stereocenters. The average molecular weight is 1120 g/mol. The third kappa shape index (κ3) is 10.3. The second kappa shape index (κ2) is 23.3. The van der Waals surface area contributed by atoms with E-state index in [2.05, 4.69) is 17.2 Å². The number of aliphatic carboxylic acids is 1. The number of oxime groups is 1. The molecule has 15 nitrogen and oxygen atoms in total. The molecule has 0 saturated carbocycles. The van der Waals surface area contributed by atoms with Crippen molar-refractivity contribution in [2.75, 3.05) is 31.6 Å². The monoisotopic (exact) mass is 1120 g/mol. The lowest BCUT2D eigenvalue weighted by molar-refractivity contribution is -0.155. The van der Waals surface area contributed by atoms with Crippen molar-refractivity contribution in [2.24, 2.45) is 5.16 Å². The number of nitrogens with one attached hydrogen (secondary N) is 2. The number of amides is 4. The van der Waals surface area contributed by atoms with Crippen molar-refractivity contribution in [1.82, 2.24) is 25.0 Å². The molecule has 0 aliphatic carbocycles. The molecule has 7 aromatic rings. The summed E-state index contributed by atoms with van der Waals surface area (Å²) in [5.41, 5.74) is 2.40. The first kappa shape index (κ1) is 53.9. The average Bonchev–Trinajstić information content (AvgIpc) is 4.29. The van der Waals surface area contributed by atoms with Gasteiger partial charge in [0.25, 0.3) is 11.8 Å². The maximum Gasteiger partial charge on any atom is 0.410 e. The van der Waals surface area contributed by atoms with Crippen LogP contribution >= 0.6 is 22.9 Å². The summed E-state index contributed by atoms with van der Waals surface area (Å²) in [5, 5.41) is 22.5. The van der Waals surface area contributed by atoms with Crippen LogP contribution in [0.2, 0.25) is 4.34 Å². The number of rotatable bonds is 18. The molecule has 3 fully saturated rings. The Kier molecular flexibility index (Phi) is 15.5. The van der Waals surface area contributed by atoms with Crippen LogP contribution in [0.3, 0.4) is 0 Å². The normalized spacial score (nSPS) is 18.8. The quantitative estimate of drug-likeness (QED) is 0.0187. The predicted molar refractivity (Wildman–Crippen MR) is 309 cm³/mol. The van der Waals surface area contributed by atoms with E-state index in [4.69, 9.17) is 31.3 Å². The van der Waals surface area contributed by atoms with Gasteiger partial charge in [-0.25, -0.2) is 14.6 Å². The zero-order valence-corrected chi connectivity index (χ0v) is 45.5. The van der Waals surface area contributed by atoms with Gasteiger partial charge in [0.2, 0.25) is 11.5 Å². The van der Waals surface area contributed by atoms with E-state index in [1.807, 2.05) is 182 Å². The molecule has 0 unspecified atom stereocenters. The Labute approximate surface area is 477 Å². The van der Waals surface area contributed by atoms with Gasteiger partial charge in [-0.1, -0.05) is 223 Å². The number of anilines is 1. The highest BCUT2D eigenvalue weighted by molar-refractivity contribution is 7.20. The van der Waals surface area contributed by atoms with E-state index in [1.54, 1.807) is 15.9 Å². The molecule has 0 bridgehead atoms. The number of fused-ring (bicyclic) bond motifs is 1. The molecule has 408 valence electrons. The lowest BCUT2D eigenvalue weighted by Gasteiger charge is -2.50. The first-order valence-electron chi connectivity index (χ1n) is 26.7. The first-order chi connectivity index (χ1) is 39.5. The van der Waals surface area contributed by atoms with E-state index in [0.717, 1.165) is 28.0 Å². The number of thiazole rings is 1. The van der Waals surface area contributed by atoms with Crippen LogP contribution in [0, 0.1) is 0 Å². The first-order valence-corrected chi connectivity index (χ1v) is 27.9. The Bertz CT molecular complexity index is 3390. The van der Waals surface area contributed by atoms with Gasteiger partial charge in [0.1, 0.15) is 33.9 Å². The zero-order chi connectivity index (χ0) is 56.1. The Morgan fingerprint density at radius 3 is 1.77 bits per heavy atom. The number of halogens is 1. The largest absolute Gasteiger partial charge is 0.477 e. The van der Waals surface area contributed by atoms with Crippen molar-refractivity contribution in [3.8, 4) is 0 Å². The van der Waals surface area contributed by atoms with Gasteiger partial charge in [-0.2, -0.15) is 0 Å². The second-order valence-electron chi connectivity index (χ2n) is 20.0. The number of carboxylic acid groups (broad SMARTS) is 1. The molecule has 4 aliphatic rings. The highest BCUT2D eigenvalue weighted by Gasteiger charge is 2.54. The SMILES string of the molecule is C=CCOC(=O)N1CC[C@@H](N2CCC(=CC3=C(C(=O)O)N4C(=O)[C@@H](NC(=O)C(=NOC(c5ccccc5)(c5ccccc5)c5ccccc5)c5nc(NC(c6ccccc6)(c6ccccc6)c6ccccc6)sc5Cl)[C@H]4CC3)C2=O)C1. The predicted octanol–water partition coefficient (Wildman–Crippen LogP) is 10.3. The molecule has 4 aliphatic heterocycles. The van der Waals surface area contributed by atoms with Gasteiger partial charge >= 0.3 is 12.1 Å². The van der Waals surface area contributed by atoms with Crippen LogP contribution in [0.15, 0.2) is 223 Å². The summed E-state index contributed by atoms with van der Waals surface area (Å²) in [6.45, 7) is 4.80. The van der Waals surface area contributed by atoms with Gasteiger partial charge in [-0.05, 0) is 54.0 Å². The molecule has 11 rings (SSSR count). The fraction of sp³-hybridized carbons (Fsp3) is 0.203. The highest BCUT2D eigenvalue weighted by Crippen LogP contribution is 2.45. The van der Waals surface area contributed by atoms with Crippen molar-refractivity contribution in [3.05, 3.63) is 261 Å². The number of β-lactam (4-membered cyclic amide) rings is 1. The van der Waals surface area contributed by atoms with Crippen LogP contribution in [0.4, 0.5) is 9.93 Å². The van der Waals surface area contributed by atoms with Crippen LogP contribution in [0.5, 0.6) is 0 Å². The number of nitrogens with zero attached hydrogens (tertiary/aromatic N) is 5. The van der Waals surface area contributed by atoms with Gasteiger partial charge in [0.05, 0.1) is 12.1 Å². The summed E-state index contributed by atoms with van der Waals surface area (Å²) in [4.78, 5) is 85.9. The Morgan fingerprint density at radius 1 is 0.741 bits per heavy atom. The zero-order valence-electron chi connectivity index (χ0n) is 43.9. The number of aromatic nitrogens is 1. The van der Waals surface area contributed by atoms with Crippen molar-refractivity contribution >= 4 is 63.6 Å². The van der Waals surface area contributed by atoms with E-state index >= 15 is 4.79 Å². The van der Waals surface area contributed by atoms with Gasteiger partial charge in [-0.3, -0.25) is 19.3 Å². The minimum atomic E-state index is -1.45. The number of carbonyl (C=O) groups excluding carboxylic acids is 4. The van der Waals surface area contributed by atoms with Crippen LogP contribution in [0.1, 0.15) is 64.8 Å².